The molecule has 3 heterocycles. The van der Waals surface area contributed by atoms with Gasteiger partial charge < -0.3 is 29.2 Å². The molecule has 0 amide bonds. The van der Waals surface area contributed by atoms with Crippen molar-refractivity contribution in [3.05, 3.63) is 110 Å². The molecule has 5 rings (SSSR count). The molecule has 9 nitrogen and oxygen atoms in total. The lowest BCUT2D eigenvalue weighted by Crippen LogP contribution is -2.46. The lowest BCUT2D eigenvalue weighted by molar-refractivity contribution is -0.377. The first kappa shape index (κ1) is 37.6. The highest BCUT2D eigenvalue weighted by atomic mass is 35.5. The minimum Gasteiger partial charge on any atom is -0.493 e. The van der Waals surface area contributed by atoms with Crippen LogP contribution in [0.15, 0.2) is 73.1 Å². The number of aromatic amines is 1. The van der Waals surface area contributed by atoms with E-state index in [-0.39, 0.29) is 24.6 Å². The fourth-order valence-electron chi connectivity index (χ4n) is 6.05. The Labute approximate surface area is 307 Å². The van der Waals surface area contributed by atoms with E-state index in [1.807, 2.05) is 61.5 Å². The van der Waals surface area contributed by atoms with E-state index in [2.05, 4.69) is 22.2 Å². The number of nitrogens with zero attached hydrogens (tertiary/aromatic N) is 1. The number of thiophene rings is 1. The molecule has 2 N–H and O–H groups in total. The van der Waals surface area contributed by atoms with Gasteiger partial charge in [0, 0.05) is 42.5 Å². The Kier molecular flexibility index (Phi) is 13.2. The second kappa shape index (κ2) is 17.5. The number of esters is 2. The third-order valence-electron chi connectivity index (χ3n) is 9.18. The number of H-pyrrole nitrogens is 1. The molecule has 0 radical (unpaired) electrons. The highest BCUT2D eigenvalue weighted by Gasteiger charge is 2.38. The number of benzene rings is 2. The Bertz CT molecular complexity index is 1730. The van der Waals surface area contributed by atoms with Crippen molar-refractivity contribution in [3.63, 3.8) is 0 Å². The summed E-state index contributed by atoms with van der Waals surface area (Å²) in [5, 5.41) is 4.43. The molecule has 2 atom stereocenters. The van der Waals surface area contributed by atoms with Crippen LogP contribution in [0.25, 0.3) is 0 Å². The van der Waals surface area contributed by atoms with Gasteiger partial charge in [-0.15, -0.1) is 11.3 Å². The Morgan fingerprint density at radius 2 is 1.70 bits per heavy atom. The van der Waals surface area contributed by atoms with Crippen LogP contribution in [-0.2, 0) is 32.6 Å². The van der Waals surface area contributed by atoms with Crippen LogP contribution in [-0.4, -0.2) is 70.5 Å². The van der Waals surface area contributed by atoms with Gasteiger partial charge in [0.25, 0.3) is 0 Å². The monoisotopic (exact) mass is 740 g/mol. The zero-order valence-electron chi connectivity index (χ0n) is 28.8. The van der Waals surface area contributed by atoms with Crippen LogP contribution in [0, 0.1) is 0 Å². The van der Waals surface area contributed by atoms with Crippen LogP contribution in [0.2, 0.25) is 10.0 Å². The topological polar surface area (TPSA) is 100 Å². The van der Waals surface area contributed by atoms with Gasteiger partial charge in [0.05, 0.1) is 20.8 Å². The van der Waals surface area contributed by atoms with Crippen molar-refractivity contribution in [1.82, 2.24) is 10.2 Å². The minimum atomic E-state index is -0.884. The van der Waals surface area contributed by atoms with E-state index in [1.54, 1.807) is 32.7 Å². The largest absolute Gasteiger partial charge is 0.493 e. The van der Waals surface area contributed by atoms with Crippen LogP contribution in [0.5, 0.6) is 11.5 Å². The van der Waals surface area contributed by atoms with E-state index in [4.69, 9.17) is 42.1 Å². The zero-order chi connectivity index (χ0) is 35.7. The zero-order valence-corrected chi connectivity index (χ0v) is 31.1. The molecular formula is C38H44Cl2N3O6S+. The van der Waals surface area contributed by atoms with E-state index in [0.717, 1.165) is 47.5 Å². The summed E-state index contributed by atoms with van der Waals surface area (Å²) in [6.45, 7) is 4.67. The average molecular weight is 742 g/mol. The maximum absolute atomic E-state index is 13.6. The molecule has 0 aliphatic carbocycles. The van der Waals surface area contributed by atoms with E-state index in [1.165, 1.54) is 11.3 Å². The molecule has 266 valence electrons. The summed E-state index contributed by atoms with van der Waals surface area (Å²) in [6, 6.07) is 19.0. The molecule has 1 unspecified atom stereocenters. The summed E-state index contributed by atoms with van der Waals surface area (Å²) in [5.41, 5.74) is 1.62. The molecule has 12 heteroatoms. The van der Waals surface area contributed by atoms with Gasteiger partial charge in [0.2, 0.25) is 0 Å². The van der Waals surface area contributed by atoms with Crippen molar-refractivity contribution in [1.29, 1.82) is 0 Å². The van der Waals surface area contributed by atoms with Crippen LogP contribution in [0.4, 0.5) is 0 Å². The van der Waals surface area contributed by atoms with Crippen molar-refractivity contribution in [3.8, 4) is 11.5 Å². The molecule has 1 saturated heterocycles. The first-order chi connectivity index (χ1) is 24.1. The molecule has 2 aromatic heterocycles. The normalized spacial score (nSPS) is 15.6. The molecule has 2 aromatic carbocycles. The molecule has 1 aliphatic heterocycles. The number of methoxy groups -OCH3 is 2. The summed E-state index contributed by atoms with van der Waals surface area (Å²) in [7, 11) is 5.24. The van der Waals surface area contributed by atoms with E-state index < -0.39 is 11.4 Å². The number of piperidine rings is 1. The lowest BCUT2D eigenvalue weighted by atomic mass is 9.82. The Morgan fingerprint density at radius 1 is 1.00 bits per heavy atom. The molecular weight excluding hydrogens is 697 g/mol. The van der Waals surface area contributed by atoms with E-state index in [9.17, 15) is 9.59 Å². The summed E-state index contributed by atoms with van der Waals surface area (Å²) in [5.74, 6) is 0.217. The summed E-state index contributed by atoms with van der Waals surface area (Å²) in [4.78, 5) is 33.6. The molecule has 50 heavy (non-hydrogen) atoms. The lowest BCUT2D eigenvalue weighted by Gasteiger charge is -2.33. The van der Waals surface area contributed by atoms with Gasteiger partial charge in [-0.25, -0.2) is 9.78 Å². The van der Waals surface area contributed by atoms with E-state index in [0.29, 0.717) is 45.9 Å². The van der Waals surface area contributed by atoms with Crippen molar-refractivity contribution in [2.24, 2.45) is 0 Å². The van der Waals surface area contributed by atoms with Crippen molar-refractivity contribution < 1.29 is 33.5 Å². The van der Waals surface area contributed by atoms with Gasteiger partial charge in [-0.1, -0.05) is 59.6 Å². The number of ether oxygens (including phenoxy) is 4. The molecule has 4 aromatic rings. The van der Waals surface area contributed by atoms with Gasteiger partial charge in [-0.05, 0) is 68.6 Å². The van der Waals surface area contributed by atoms with Gasteiger partial charge in [0.15, 0.2) is 23.9 Å². The van der Waals surface area contributed by atoms with Crippen LogP contribution in [0.3, 0.4) is 0 Å². The fourth-order valence-corrected chi connectivity index (χ4v) is 7.45. The maximum Gasteiger partial charge on any atom is 0.348 e. The fraction of sp³-hybridized carbons (Fsp3) is 0.395. The van der Waals surface area contributed by atoms with Crippen LogP contribution >= 0.6 is 34.5 Å². The Morgan fingerprint density at radius 3 is 2.38 bits per heavy atom. The second-order valence-corrected chi connectivity index (χ2v) is 14.7. The number of hydrogen-bond acceptors (Lipinski definition) is 9. The molecule has 0 bridgehead atoms. The van der Waals surface area contributed by atoms with Crippen molar-refractivity contribution in [2.45, 2.75) is 50.2 Å². The molecule has 1 aliphatic rings. The number of pyridine rings is 1. The Balaban J connectivity index is 1.24. The van der Waals surface area contributed by atoms with Crippen molar-refractivity contribution in [2.75, 3.05) is 47.5 Å². The SMILES string of the molecule is COc1ccc([C@@H](COC(=O)c2ccc(CNCC(C)(C(=O)OC3CCN(C)CC3)c3ccccc3)s2)Cc2c(Cl)c[nH+]cc2Cl)cc1OC. The van der Waals surface area contributed by atoms with Gasteiger partial charge in [-0.2, -0.15) is 0 Å². The first-order valence-corrected chi connectivity index (χ1v) is 18.2. The smallest absolute Gasteiger partial charge is 0.348 e. The van der Waals surface area contributed by atoms with Gasteiger partial charge in [0.1, 0.15) is 26.4 Å². The standard InChI is InChI=1S/C38H43Cl2N3O6S/c1-38(27-8-6-5-7-9-27,37(45)49-28-14-16-43(2)17-15-28)24-42-20-29-11-13-35(50-29)36(44)48-23-26(18-30-31(39)21-41-22-32(30)40)25-10-12-33(46-3)34(19-25)47-4/h5-13,19,21-22,26,28,42H,14-18,20,23-24H2,1-4H3/p+1/t26-,38?/m1/s1. The number of carbonyl (C=O) groups is 2. The minimum absolute atomic E-state index is 0.0832. The Hall–Kier alpha value is -3.67. The van der Waals surface area contributed by atoms with Crippen LogP contribution < -0.4 is 19.8 Å². The molecule has 1 fully saturated rings. The predicted octanol–water partition coefficient (Wildman–Crippen LogP) is 6.75. The summed E-state index contributed by atoms with van der Waals surface area (Å²) >= 11 is 14.3. The summed E-state index contributed by atoms with van der Waals surface area (Å²) in [6.07, 6.45) is 5.34. The quantitative estimate of drug-likeness (QED) is 0.134. The van der Waals surface area contributed by atoms with E-state index >= 15 is 0 Å². The number of likely N-dealkylation sites (tertiary alicyclic amines) is 1. The molecule has 0 saturated carbocycles. The number of carbonyl (C=O) groups excluding carboxylic acids is 2. The number of nitrogens with one attached hydrogen (secondary N) is 2. The summed E-state index contributed by atoms with van der Waals surface area (Å²) < 4.78 is 22.9. The van der Waals surface area contributed by atoms with Crippen molar-refractivity contribution >= 4 is 46.5 Å². The molecule has 0 spiro atoms. The number of halogens is 2. The number of aromatic nitrogens is 1. The van der Waals surface area contributed by atoms with Crippen LogP contribution in [0.1, 0.15) is 56.9 Å². The van der Waals surface area contributed by atoms with Gasteiger partial charge in [-0.3, -0.25) is 4.79 Å². The highest BCUT2D eigenvalue weighted by Crippen LogP contribution is 2.35. The van der Waals surface area contributed by atoms with Gasteiger partial charge >= 0.3 is 11.9 Å². The maximum atomic E-state index is 13.6. The number of rotatable bonds is 15. The third-order valence-corrected chi connectivity index (χ3v) is 10.9. The number of hydrogen-bond donors (Lipinski definition) is 1. The predicted molar refractivity (Wildman–Crippen MR) is 196 cm³/mol. The highest BCUT2D eigenvalue weighted by molar-refractivity contribution is 7.13. The third kappa shape index (κ3) is 9.35. The second-order valence-electron chi connectivity index (χ2n) is 12.7. The first-order valence-electron chi connectivity index (χ1n) is 16.6. The average Bonchev–Trinajstić information content (AvgIpc) is 3.61.